The van der Waals surface area contributed by atoms with E-state index in [0.717, 1.165) is 24.8 Å². The number of carbonyl (C=O) groups is 2. The average molecular weight is 489 g/mol. The summed E-state index contributed by atoms with van der Waals surface area (Å²) in [6, 6.07) is 1.33. The standard InChI is InChI=1S/C27H40N2O6/c1-7-8-11-19(2)13-14-21(4)25(31)24-22(30)18-23(35-26(24)32)20(3)12-9-10-15-28-27(33)34-17-16-29(5)6/h10,13-15,18,20,30H,7-9,11-12,16-17H2,1-6H3,(H,28,33)/b15-10+,19-13+,21-14+. The summed E-state index contributed by atoms with van der Waals surface area (Å²) in [5.74, 6) is -0.827. The van der Waals surface area contributed by atoms with Crippen molar-refractivity contribution >= 4 is 11.9 Å². The average Bonchev–Trinajstić information content (AvgIpc) is 2.79. The molecule has 0 radical (unpaired) electrons. The number of ketones is 1. The largest absolute Gasteiger partial charge is 0.507 e. The fraction of sp³-hybridized carbons (Fsp3) is 0.519. The van der Waals surface area contributed by atoms with E-state index in [0.29, 0.717) is 37.3 Å². The maximum Gasteiger partial charge on any atom is 0.411 e. The number of carbonyl (C=O) groups excluding carboxylic acids is 2. The first-order chi connectivity index (χ1) is 16.6. The van der Waals surface area contributed by atoms with Crippen molar-refractivity contribution in [3.05, 3.63) is 63.4 Å². The molecule has 0 bridgehead atoms. The van der Waals surface area contributed by atoms with Gasteiger partial charge in [-0.15, -0.1) is 0 Å². The van der Waals surface area contributed by atoms with Crippen LogP contribution in [0.5, 0.6) is 5.75 Å². The highest BCUT2D eigenvalue weighted by Crippen LogP contribution is 2.26. The number of hydrogen-bond acceptors (Lipinski definition) is 7. The van der Waals surface area contributed by atoms with Gasteiger partial charge in [0.25, 0.3) is 0 Å². The molecule has 35 heavy (non-hydrogen) atoms. The minimum Gasteiger partial charge on any atom is -0.507 e. The van der Waals surface area contributed by atoms with E-state index in [2.05, 4.69) is 12.2 Å². The molecule has 1 rings (SSSR count). The van der Waals surface area contributed by atoms with E-state index in [1.807, 2.05) is 38.9 Å². The van der Waals surface area contributed by atoms with Crippen LogP contribution in [0.1, 0.15) is 81.8 Å². The predicted octanol–water partition coefficient (Wildman–Crippen LogP) is 5.30. The van der Waals surface area contributed by atoms with Crippen LogP contribution in [0.25, 0.3) is 0 Å². The van der Waals surface area contributed by atoms with Crippen LogP contribution in [0, 0.1) is 0 Å². The molecular weight excluding hydrogens is 448 g/mol. The molecule has 0 saturated carbocycles. The molecule has 2 N–H and O–H groups in total. The van der Waals surface area contributed by atoms with Crippen LogP contribution in [0.3, 0.4) is 0 Å². The lowest BCUT2D eigenvalue weighted by Gasteiger charge is -2.11. The molecule has 0 spiro atoms. The number of ether oxygens (including phenoxy) is 1. The SMILES string of the molecule is CCCC/C(C)=C/C=C(\C)C(=O)c1c(O)cc(C(C)CC/C=C/NC(=O)OCCN(C)C)oc1=O. The normalized spacial score (nSPS) is 13.3. The van der Waals surface area contributed by atoms with Gasteiger partial charge < -0.3 is 19.2 Å². The van der Waals surface area contributed by atoms with E-state index in [4.69, 9.17) is 9.15 Å². The maximum atomic E-state index is 12.7. The number of aromatic hydroxyl groups is 1. The van der Waals surface area contributed by atoms with Gasteiger partial charge in [-0.1, -0.05) is 44.1 Å². The fourth-order valence-electron chi connectivity index (χ4n) is 3.09. The van der Waals surface area contributed by atoms with E-state index in [1.165, 1.54) is 12.3 Å². The van der Waals surface area contributed by atoms with Gasteiger partial charge in [0, 0.05) is 24.7 Å². The Morgan fingerprint density at radius 1 is 1.26 bits per heavy atom. The van der Waals surface area contributed by atoms with Crippen LogP contribution >= 0.6 is 0 Å². The molecule has 1 unspecified atom stereocenters. The fourth-order valence-corrected chi connectivity index (χ4v) is 3.09. The Balaban J connectivity index is 2.71. The van der Waals surface area contributed by atoms with Gasteiger partial charge in [0.15, 0.2) is 5.78 Å². The molecule has 1 heterocycles. The van der Waals surface area contributed by atoms with Gasteiger partial charge in [-0.2, -0.15) is 0 Å². The molecule has 8 heteroatoms. The second-order valence-electron chi connectivity index (χ2n) is 8.96. The molecule has 0 aliphatic heterocycles. The molecular formula is C27H40N2O6. The minimum atomic E-state index is -0.853. The number of Topliss-reactive ketones (excluding diaryl/α,β-unsaturated/α-hetero) is 1. The second kappa shape index (κ2) is 15.7. The summed E-state index contributed by atoms with van der Waals surface area (Å²) < 4.78 is 10.4. The molecule has 0 saturated heterocycles. The molecule has 1 aromatic rings. The third-order valence-electron chi connectivity index (χ3n) is 5.42. The van der Waals surface area contributed by atoms with Gasteiger partial charge in [-0.3, -0.25) is 10.1 Å². The Labute approximate surface area is 208 Å². The third-order valence-corrected chi connectivity index (χ3v) is 5.42. The zero-order chi connectivity index (χ0) is 26.4. The number of allylic oxidation sites excluding steroid dienone is 5. The third kappa shape index (κ3) is 11.2. The number of nitrogens with zero attached hydrogens (tertiary/aromatic N) is 1. The molecule has 1 aromatic heterocycles. The number of unbranched alkanes of at least 4 members (excludes halogenated alkanes) is 1. The summed E-state index contributed by atoms with van der Waals surface area (Å²) >= 11 is 0. The Morgan fingerprint density at radius 3 is 2.60 bits per heavy atom. The first-order valence-corrected chi connectivity index (χ1v) is 12.1. The zero-order valence-corrected chi connectivity index (χ0v) is 21.8. The smallest absolute Gasteiger partial charge is 0.411 e. The van der Waals surface area contributed by atoms with E-state index in [1.54, 1.807) is 19.1 Å². The number of nitrogens with one attached hydrogen (secondary N) is 1. The van der Waals surface area contributed by atoms with Crippen molar-refractivity contribution in [3.8, 4) is 5.75 Å². The van der Waals surface area contributed by atoms with Gasteiger partial charge in [-0.25, -0.2) is 9.59 Å². The number of rotatable bonds is 14. The zero-order valence-electron chi connectivity index (χ0n) is 21.8. The van der Waals surface area contributed by atoms with Crippen molar-refractivity contribution in [3.63, 3.8) is 0 Å². The molecule has 0 aliphatic rings. The molecule has 0 fully saturated rings. The summed E-state index contributed by atoms with van der Waals surface area (Å²) in [6.45, 7) is 8.52. The van der Waals surface area contributed by atoms with E-state index in [9.17, 15) is 19.5 Å². The van der Waals surface area contributed by atoms with Gasteiger partial charge in [0.1, 0.15) is 23.7 Å². The van der Waals surface area contributed by atoms with Gasteiger partial charge >= 0.3 is 11.7 Å². The molecule has 1 atom stereocenters. The lowest BCUT2D eigenvalue weighted by atomic mass is 9.99. The summed E-state index contributed by atoms with van der Waals surface area (Å²) in [7, 11) is 3.78. The summed E-state index contributed by atoms with van der Waals surface area (Å²) in [5.41, 5.74) is 0.284. The van der Waals surface area contributed by atoms with Crippen molar-refractivity contribution in [2.24, 2.45) is 0 Å². The first kappa shape index (κ1) is 29.9. The van der Waals surface area contributed by atoms with Crippen LogP contribution in [0.2, 0.25) is 0 Å². The monoisotopic (exact) mass is 488 g/mol. The van der Waals surface area contributed by atoms with Crippen molar-refractivity contribution < 1.29 is 23.8 Å². The van der Waals surface area contributed by atoms with Crippen molar-refractivity contribution in [2.45, 2.75) is 65.7 Å². The van der Waals surface area contributed by atoms with Crippen molar-refractivity contribution in [2.75, 3.05) is 27.2 Å². The van der Waals surface area contributed by atoms with E-state index in [-0.39, 0.29) is 17.2 Å². The molecule has 8 nitrogen and oxygen atoms in total. The molecule has 194 valence electrons. The van der Waals surface area contributed by atoms with Crippen LogP contribution < -0.4 is 10.9 Å². The first-order valence-electron chi connectivity index (χ1n) is 12.1. The highest BCUT2D eigenvalue weighted by atomic mass is 16.5. The number of likely N-dealkylation sites (N-methyl/N-ethyl adjacent to an activating group) is 1. The van der Waals surface area contributed by atoms with Gasteiger partial charge in [0.2, 0.25) is 0 Å². The highest BCUT2D eigenvalue weighted by molar-refractivity contribution is 6.09. The van der Waals surface area contributed by atoms with Crippen molar-refractivity contribution in [1.82, 2.24) is 10.2 Å². The van der Waals surface area contributed by atoms with E-state index >= 15 is 0 Å². The predicted molar refractivity (Wildman–Crippen MR) is 138 cm³/mol. The number of alkyl carbamates (subject to hydrolysis) is 1. The minimum absolute atomic E-state index is 0.185. The topological polar surface area (TPSA) is 109 Å². The Kier molecular flexibility index (Phi) is 13.4. The summed E-state index contributed by atoms with van der Waals surface area (Å²) in [4.78, 5) is 38.7. The Bertz CT molecular complexity index is 988. The maximum absolute atomic E-state index is 12.7. The van der Waals surface area contributed by atoms with Crippen LogP contribution in [0.4, 0.5) is 4.79 Å². The Morgan fingerprint density at radius 2 is 1.97 bits per heavy atom. The van der Waals surface area contributed by atoms with Crippen molar-refractivity contribution in [1.29, 1.82) is 0 Å². The van der Waals surface area contributed by atoms with Crippen LogP contribution in [0.15, 0.2) is 50.9 Å². The highest BCUT2D eigenvalue weighted by Gasteiger charge is 2.21. The number of amides is 1. The quantitative estimate of drug-likeness (QED) is 0.208. The lowest BCUT2D eigenvalue weighted by molar-refractivity contribution is 0.102. The Hall–Kier alpha value is -3.13. The summed E-state index contributed by atoms with van der Waals surface area (Å²) in [5, 5.41) is 12.9. The molecule has 1 amide bonds. The van der Waals surface area contributed by atoms with Crippen LogP contribution in [-0.2, 0) is 4.74 Å². The number of hydrogen-bond donors (Lipinski definition) is 2. The van der Waals surface area contributed by atoms with Gasteiger partial charge in [0.05, 0.1) is 0 Å². The summed E-state index contributed by atoms with van der Waals surface area (Å²) in [6.07, 6.45) is 10.6. The van der Waals surface area contributed by atoms with E-state index < -0.39 is 17.5 Å². The molecule has 0 aromatic carbocycles. The second-order valence-corrected chi connectivity index (χ2v) is 8.96. The van der Waals surface area contributed by atoms with Gasteiger partial charge in [-0.05, 0) is 59.2 Å². The van der Waals surface area contributed by atoms with Crippen LogP contribution in [-0.4, -0.2) is 49.1 Å². The molecule has 0 aliphatic carbocycles. The lowest BCUT2D eigenvalue weighted by Crippen LogP contribution is -2.24.